The molecule has 0 saturated heterocycles. The Balaban J connectivity index is 3.11. The average molecular weight is 117 g/mol. The second-order valence-corrected chi connectivity index (χ2v) is 3.05. The van der Waals surface area contributed by atoms with Gasteiger partial charge < -0.3 is 4.84 Å². The lowest BCUT2D eigenvalue weighted by molar-refractivity contribution is 0.0102. The van der Waals surface area contributed by atoms with Crippen LogP contribution in [-0.2, 0) is 4.84 Å². The predicted octanol–water partition coefficient (Wildman–Crippen LogP) is 1.18. The van der Waals surface area contributed by atoms with Crippen LogP contribution in [0.5, 0.6) is 0 Å². The fraction of sp³-hybridized carbons (Fsp3) is 1.00. The third-order valence-corrected chi connectivity index (χ3v) is 0.650. The van der Waals surface area contributed by atoms with E-state index in [-0.39, 0.29) is 5.41 Å². The van der Waals surface area contributed by atoms with Gasteiger partial charge in [-0.3, -0.25) is 0 Å². The van der Waals surface area contributed by atoms with Crippen molar-refractivity contribution in [3.8, 4) is 0 Å². The molecule has 2 nitrogen and oxygen atoms in total. The minimum absolute atomic E-state index is 0.267. The Labute approximate surface area is 51.2 Å². The van der Waals surface area contributed by atoms with Gasteiger partial charge in [-0.2, -0.15) is 0 Å². The van der Waals surface area contributed by atoms with Gasteiger partial charge in [0, 0.05) is 7.05 Å². The summed E-state index contributed by atoms with van der Waals surface area (Å²) in [5.41, 5.74) is 2.89. The van der Waals surface area contributed by atoms with Crippen molar-refractivity contribution in [2.45, 2.75) is 20.8 Å². The minimum atomic E-state index is 0.267. The molecule has 0 aromatic rings. The van der Waals surface area contributed by atoms with E-state index in [9.17, 15) is 0 Å². The van der Waals surface area contributed by atoms with Crippen LogP contribution in [0.1, 0.15) is 20.8 Å². The van der Waals surface area contributed by atoms with Gasteiger partial charge in [-0.15, -0.1) is 0 Å². The fourth-order valence-corrected chi connectivity index (χ4v) is 0.289. The van der Waals surface area contributed by atoms with Crippen LogP contribution < -0.4 is 5.48 Å². The molecule has 0 spiro atoms. The van der Waals surface area contributed by atoms with E-state index in [4.69, 9.17) is 4.84 Å². The van der Waals surface area contributed by atoms with E-state index in [1.807, 2.05) is 0 Å². The highest BCUT2D eigenvalue weighted by Gasteiger charge is 2.08. The van der Waals surface area contributed by atoms with Crippen molar-refractivity contribution < 1.29 is 4.84 Å². The van der Waals surface area contributed by atoms with Crippen molar-refractivity contribution in [2.75, 3.05) is 13.7 Å². The van der Waals surface area contributed by atoms with Gasteiger partial charge in [-0.1, -0.05) is 20.8 Å². The zero-order chi connectivity index (χ0) is 6.62. The van der Waals surface area contributed by atoms with E-state index < -0.39 is 0 Å². The summed E-state index contributed by atoms with van der Waals surface area (Å²) in [6, 6.07) is 0. The summed E-state index contributed by atoms with van der Waals surface area (Å²) >= 11 is 0. The first-order chi connectivity index (χ1) is 3.56. The van der Waals surface area contributed by atoms with Crippen molar-refractivity contribution in [2.24, 2.45) is 5.41 Å². The predicted molar refractivity (Wildman–Crippen MR) is 34.5 cm³/mol. The standard InChI is InChI=1S/C6H15NO/c1-6(2,3)5-8-7-4/h7H,5H2,1-4H3. The first kappa shape index (κ1) is 7.92. The first-order valence-corrected chi connectivity index (χ1v) is 2.85. The Bertz CT molecular complexity index is 56.0. The summed E-state index contributed by atoms with van der Waals surface area (Å²) in [6.07, 6.45) is 0. The molecule has 8 heavy (non-hydrogen) atoms. The lowest BCUT2D eigenvalue weighted by atomic mass is 9.99. The van der Waals surface area contributed by atoms with Crippen LogP contribution in [-0.4, -0.2) is 13.7 Å². The van der Waals surface area contributed by atoms with Gasteiger partial charge in [0.2, 0.25) is 0 Å². The molecule has 0 heterocycles. The summed E-state index contributed by atoms with van der Waals surface area (Å²) in [4.78, 5) is 4.95. The van der Waals surface area contributed by atoms with Gasteiger partial charge >= 0.3 is 0 Å². The van der Waals surface area contributed by atoms with Crippen LogP contribution in [0.3, 0.4) is 0 Å². The average Bonchev–Trinajstić information content (AvgIpc) is 1.59. The van der Waals surface area contributed by atoms with E-state index in [2.05, 4.69) is 26.3 Å². The molecule has 0 aromatic carbocycles. The molecular weight excluding hydrogens is 102 g/mol. The van der Waals surface area contributed by atoms with E-state index in [0.717, 1.165) is 6.61 Å². The van der Waals surface area contributed by atoms with Crippen molar-refractivity contribution in [1.29, 1.82) is 0 Å². The molecule has 0 saturated carbocycles. The van der Waals surface area contributed by atoms with Crippen LogP contribution in [0.15, 0.2) is 0 Å². The highest BCUT2D eigenvalue weighted by molar-refractivity contribution is 4.57. The van der Waals surface area contributed by atoms with Crippen molar-refractivity contribution in [3.05, 3.63) is 0 Å². The third-order valence-electron chi connectivity index (χ3n) is 0.650. The van der Waals surface area contributed by atoms with Crippen molar-refractivity contribution in [1.82, 2.24) is 5.48 Å². The monoisotopic (exact) mass is 117 g/mol. The maximum Gasteiger partial charge on any atom is 0.0730 e. The highest BCUT2D eigenvalue weighted by Crippen LogP contribution is 2.11. The van der Waals surface area contributed by atoms with Gasteiger partial charge in [-0.25, -0.2) is 5.48 Å². The molecular formula is C6H15NO. The van der Waals surface area contributed by atoms with Crippen molar-refractivity contribution in [3.63, 3.8) is 0 Å². The van der Waals surface area contributed by atoms with Crippen LogP contribution in [0, 0.1) is 5.41 Å². The Morgan fingerprint density at radius 3 is 2.00 bits per heavy atom. The maximum absolute atomic E-state index is 4.95. The zero-order valence-electron chi connectivity index (χ0n) is 6.12. The second-order valence-electron chi connectivity index (χ2n) is 3.05. The normalized spacial score (nSPS) is 12.0. The summed E-state index contributed by atoms with van der Waals surface area (Å²) in [5, 5.41) is 0. The lowest BCUT2D eigenvalue weighted by Gasteiger charge is -2.16. The second kappa shape index (κ2) is 3.05. The van der Waals surface area contributed by atoms with Gasteiger partial charge in [0.15, 0.2) is 0 Å². The Morgan fingerprint density at radius 2 is 1.88 bits per heavy atom. The number of hydroxylamine groups is 1. The molecule has 0 aliphatic carbocycles. The molecule has 0 atom stereocenters. The van der Waals surface area contributed by atoms with Crippen LogP contribution in [0.4, 0.5) is 0 Å². The quantitative estimate of drug-likeness (QED) is 0.548. The number of hydrogen-bond donors (Lipinski definition) is 1. The summed E-state index contributed by atoms with van der Waals surface area (Å²) in [6.45, 7) is 7.14. The molecule has 1 N–H and O–H groups in total. The Kier molecular flexibility index (Phi) is 3.02. The lowest BCUT2D eigenvalue weighted by Crippen LogP contribution is -2.20. The third kappa shape index (κ3) is 5.92. The van der Waals surface area contributed by atoms with Gasteiger partial charge in [0.1, 0.15) is 0 Å². The number of hydrogen-bond acceptors (Lipinski definition) is 2. The first-order valence-electron chi connectivity index (χ1n) is 2.85. The molecule has 0 aliphatic heterocycles. The fourth-order valence-electron chi connectivity index (χ4n) is 0.289. The smallest absolute Gasteiger partial charge is 0.0730 e. The molecule has 0 bridgehead atoms. The highest BCUT2D eigenvalue weighted by atomic mass is 16.6. The SMILES string of the molecule is CNOCC(C)(C)C. The van der Waals surface area contributed by atoms with Gasteiger partial charge in [0.25, 0.3) is 0 Å². The van der Waals surface area contributed by atoms with E-state index in [1.165, 1.54) is 0 Å². The molecule has 0 radical (unpaired) electrons. The van der Waals surface area contributed by atoms with Crippen LogP contribution in [0.2, 0.25) is 0 Å². The zero-order valence-corrected chi connectivity index (χ0v) is 6.12. The molecule has 0 amide bonds. The van der Waals surface area contributed by atoms with Crippen molar-refractivity contribution >= 4 is 0 Å². The number of rotatable bonds is 2. The van der Waals surface area contributed by atoms with Gasteiger partial charge in [-0.05, 0) is 5.41 Å². The largest absolute Gasteiger partial charge is 0.302 e. The molecule has 0 aliphatic rings. The summed E-state index contributed by atoms with van der Waals surface area (Å²) in [5.74, 6) is 0. The molecule has 2 heteroatoms. The molecule has 50 valence electrons. The van der Waals surface area contributed by atoms with Crippen LogP contribution >= 0.6 is 0 Å². The van der Waals surface area contributed by atoms with Gasteiger partial charge in [0.05, 0.1) is 6.61 Å². The number of nitrogens with one attached hydrogen (secondary N) is 1. The molecule has 0 rings (SSSR count). The van der Waals surface area contributed by atoms with Crippen LogP contribution in [0.25, 0.3) is 0 Å². The maximum atomic E-state index is 4.95. The molecule has 0 fully saturated rings. The van der Waals surface area contributed by atoms with E-state index in [1.54, 1.807) is 7.05 Å². The molecule has 0 aromatic heterocycles. The Hall–Kier alpha value is -0.0800. The van der Waals surface area contributed by atoms with E-state index in [0.29, 0.717) is 0 Å². The Morgan fingerprint density at radius 1 is 1.38 bits per heavy atom. The summed E-state index contributed by atoms with van der Waals surface area (Å²) in [7, 11) is 1.77. The summed E-state index contributed by atoms with van der Waals surface area (Å²) < 4.78 is 0. The minimum Gasteiger partial charge on any atom is -0.302 e. The molecule has 0 unspecified atom stereocenters. The topological polar surface area (TPSA) is 21.3 Å². The van der Waals surface area contributed by atoms with E-state index >= 15 is 0 Å².